The number of nitrogens with one attached hydrogen (secondary N) is 1. The Balaban J connectivity index is 1.76. The Kier molecular flexibility index (Phi) is 6.88. The zero-order valence-corrected chi connectivity index (χ0v) is 17.1. The maximum Gasteiger partial charge on any atom is 0.277 e. The van der Waals surface area contributed by atoms with Gasteiger partial charge in [-0.15, -0.1) is 11.8 Å². The van der Waals surface area contributed by atoms with Crippen LogP contribution in [0.2, 0.25) is 0 Å². The van der Waals surface area contributed by atoms with E-state index in [4.69, 9.17) is 4.74 Å². The molecule has 0 aliphatic heterocycles. The van der Waals surface area contributed by atoms with Crippen LogP contribution in [0.4, 0.5) is 11.4 Å². The molecule has 0 saturated heterocycles. The SMILES string of the molecule is COc1ccc(S[C@@H]2CCCC[C@H]2NC(=O)c2cc([N+](=O)[O-])cc([N+](=O)[O-])c2)cc1. The summed E-state index contributed by atoms with van der Waals surface area (Å²) in [6.07, 6.45) is 3.69. The summed E-state index contributed by atoms with van der Waals surface area (Å²) in [5, 5.41) is 25.2. The highest BCUT2D eigenvalue weighted by Gasteiger charge is 2.29. The number of hydrogen-bond acceptors (Lipinski definition) is 7. The average molecular weight is 431 g/mol. The van der Waals surface area contributed by atoms with Gasteiger partial charge in [0.1, 0.15) is 5.75 Å². The molecule has 0 heterocycles. The van der Waals surface area contributed by atoms with Crippen LogP contribution in [0.15, 0.2) is 47.4 Å². The topological polar surface area (TPSA) is 125 Å². The molecule has 0 aromatic heterocycles. The third-order valence-corrected chi connectivity index (χ3v) is 6.36. The van der Waals surface area contributed by atoms with E-state index < -0.39 is 27.1 Å². The van der Waals surface area contributed by atoms with Crippen LogP contribution in [0.3, 0.4) is 0 Å². The molecule has 2 atom stereocenters. The standard InChI is InChI=1S/C20H21N3O6S/c1-29-16-6-8-17(9-7-16)30-19-5-3-2-4-18(19)21-20(24)13-10-14(22(25)26)12-15(11-13)23(27)28/h6-12,18-19H,2-5H2,1H3,(H,21,24)/t18-,19-/m1/s1. The number of nitro benzene ring substituents is 2. The molecule has 158 valence electrons. The van der Waals surface area contributed by atoms with Crippen LogP contribution in [0.1, 0.15) is 36.0 Å². The van der Waals surface area contributed by atoms with Crippen molar-refractivity contribution in [1.29, 1.82) is 0 Å². The van der Waals surface area contributed by atoms with Crippen LogP contribution in [-0.2, 0) is 0 Å². The van der Waals surface area contributed by atoms with Crippen molar-refractivity contribution >= 4 is 29.0 Å². The van der Waals surface area contributed by atoms with Crippen molar-refractivity contribution in [2.24, 2.45) is 0 Å². The van der Waals surface area contributed by atoms with E-state index in [1.165, 1.54) is 0 Å². The molecule has 0 spiro atoms. The molecule has 9 nitrogen and oxygen atoms in total. The number of benzene rings is 2. The van der Waals surface area contributed by atoms with Gasteiger partial charge in [0.15, 0.2) is 0 Å². The van der Waals surface area contributed by atoms with Crippen LogP contribution in [0.5, 0.6) is 5.75 Å². The van der Waals surface area contributed by atoms with Crippen LogP contribution >= 0.6 is 11.8 Å². The quantitative estimate of drug-likeness (QED) is 0.510. The van der Waals surface area contributed by atoms with Gasteiger partial charge in [-0.25, -0.2) is 0 Å². The highest BCUT2D eigenvalue weighted by molar-refractivity contribution is 8.00. The average Bonchev–Trinajstić information content (AvgIpc) is 2.75. The van der Waals surface area contributed by atoms with E-state index in [1.54, 1.807) is 18.9 Å². The molecule has 0 bridgehead atoms. The second-order valence-corrected chi connectivity index (χ2v) is 8.26. The molecule has 1 aliphatic rings. The lowest BCUT2D eigenvalue weighted by Crippen LogP contribution is -2.43. The Morgan fingerprint density at radius 2 is 1.63 bits per heavy atom. The second kappa shape index (κ2) is 9.57. The third-order valence-electron chi connectivity index (χ3n) is 4.95. The summed E-state index contributed by atoms with van der Waals surface area (Å²) < 4.78 is 5.17. The number of methoxy groups -OCH3 is 1. The lowest BCUT2D eigenvalue weighted by atomic mass is 9.94. The first-order chi connectivity index (χ1) is 14.4. The smallest absolute Gasteiger partial charge is 0.277 e. The van der Waals surface area contributed by atoms with E-state index in [9.17, 15) is 25.0 Å². The monoisotopic (exact) mass is 431 g/mol. The number of hydrogen-bond donors (Lipinski definition) is 1. The Morgan fingerprint density at radius 1 is 1.03 bits per heavy atom. The van der Waals surface area contributed by atoms with Crippen molar-refractivity contribution in [1.82, 2.24) is 5.32 Å². The van der Waals surface area contributed by atoms with Gasteiger partial charge in [0.2, 0.25) is 0 Å². The number of nitro groups is 2. The van der Waals surface area contributed by atoms with Crippen molar-refractivity contribution in [2.75, 3.05) is 7.11 Å². The van der Waals surface area contributed by atoms with Gasteiger partial charge in [0, 0.05) is 28.3 Å². The van der Waals surface area contributed by atoms with Gasteiger partial charge in [-0.3, -0.25) is 25.0 Å². The fraction of sp³-hybridized carbons (Fsp3) is 0.350. The molecule has 2 aromatic rings. The molecule has 1 fully saturated rings. The minimum absolute atomic E-state index is 0.0883. The maximum atomic E-state index is 12.8. The molecule has 2 aromatic carbocycles. The van der Waals surface area contributed by atoms with Gasteiger partial charge in [-0.1, -0.05) is 12.8 Å². The number of carbonyl (C=O) groups is 1. The van der Waals surface area contributed by atoms with E-state index >= 15 is 0 Å². The summed E-state index contributed by atoms with van der Waals surface area (Å²) in [7, 11) is 1.60. The zero-order valence-electron chi connectivity index (χ0n) is 16.3. The van der Waals surface area contributed by atoms with Gasteiger partial charge in [0.25, 0.3) is 17.3 Å². The van der Waals surface area contributed by atoms with Crippen molar-refractivity contribution in [2.45, 2.75) is 41.9 Å². The number of ether oxygens (including phenoxy) is 1. The number of rotatable bonds is 7. The predicted octanol–water partition coefficient (Wildman–Crippen LogP) is 4.34. The molecule has 1 N–H and O–H groups in total. The van der Waals surface area contributed by atoms with Crippen LogP contribution in [-0.4, -0.2) is 34.2 Å². The zero-order chi connectivity index (χ0) is 21.7. The van der Waals surface area contributed by atoms with Gasteiger partial charge in [0.05, 0.1) is 28.6 Å². The van der Waals surface area contributed by atoms with Crippen LogP contribution < -0.4 is 10.1 Å². The maximum absolute atomic E-state index is 12.8. The van der Waals surface area contributed by atoms with Gasteiger partial charge in [-0.2, -0.15) is 0 Å². The summed E-state index contributed by atoms with van der Waals surface area (Å²) in [4.78, 5) is 34.5. The molecule has 1 amide bonds. The van der Waals surface area contributed by atoms with E-state index in [0.717, 1.165) is 54.5 Å². The van der Waals surface area contributed by atoms with E-state index in [-0.39, 0.29) is 16.9 Å². The number of non-ortho nitro benzene ring substituents is 2. The molecular formula is C20H21N3O6S. The van der Waals surface area contributed by atoms with E-state index in [1.807, 2.05) is 24.3 Å². The molecule has 3 rings (SSSR count). The molecule has 10 heteroatoms. The fourth-order valence-corrected chi connectivity index (χ4v) is 4.72. The van der Waals surface area contributed by atoms with Gasteiger partial charge >= 0.3 is 0 Å². The summed E-state index contributed by atoms with van der Waals surface area (Å²) in [6, 6.07) is 10.5. The summed E-state index contributed by atoms with van der Waals surface area (Å²) in [6.45, 7) is 0. The van der Waals surface area contributed by atoms with Gasteiger partial charge < -0.3 is 10.1 Å². The Hall–Kier alpha value is -3.14. The molecule has 1 saturated carbocycles. The minimum atomic E-state index is -0.743. The number of carbonyl (C=O) groups excluding carboxylic acids is 1. The van der Waals surface area contributed by atoms with Crippen molar-refractivity contribution in [3.63, 3.8) is 0 Å². The lowest BCUT2D eigenvalue weighted by molar-refractivity contribution is -0.394. The highest BCUT2D eigenvalue weighted by atomic mass is 32.2. The minimum Gasteiger partial charge on any atom is -0.497 e. The molecule has 1 aliphatic carbocycles. The Morgan fingerprint density at radius 3 is 2.20 bits per heavy atom. The summed E-state index contributed by atoms with van der Waals surface area (Å²) in [5.41, 5.74) is -1.06. The molecule has 30 heavy (non-hydrogen) atoms. The van der Waals surface area contributed by atoms with Gasteiger partial charge in [-0.05, 0) is 37.1 Å². The van der Waals surface area contributed by atoms with Crippen LogP contribution in [0, 0.1) is 20.2 Å². The first-order valence-corrected chi connectivity index (χ1v) is 10.3. The predicted molar refractivity (Wildman–Crippen MR) is 112 cm³/mol. The highest BCUT2D eigenvalue weighted by Crippen LogP contribution is 2.35. The van der Waals surface area contributed by atoms with Crippen molar-refractivity contribution in [3.8, 4) is 5.75 Å². The number of amides is 1. The summed E-state index contributed by atoms with van der Waals surface area (Å²) >= 11 is 1.66. The molecule has 0 radical (unpaired) electrons. The first-order valence-electron chi connectivity index (χ1n) is 9.43. The lowest BCUT2D eigenvalue weighted by Gasteiger charge is -2.31. The fourth-order valence-electron chi connectivity index (χ4n) is 3.42. The molecule has 0 unspecified atom stereocenters. The van der Waals surface area contributed by atoms with E-state index in [2.05, 4.69) is 5.32 Å². The Bertz CT molecular complexity index is 918. The molecular weight excluding hydrogens is 410 g/mol. The van der Waals surface area contributed by atoms with Crippen LogP contribution in [0.25, 0.3) is 0 Å². The third kappa shape index (κ3) is 5.26. The normalized spacial score (nSPS) is 18.4. The summed E-state index contributed by atoms with van der Waals surface area (Å²) in [5.74, 6) is 0.217. The number of thioether (sulfide) groups is 1. The van der Waals surface area contributed by atoms with Crippen molar-refractivity contribution in [3.05, 3.63) is 68.3 Å². The first kappa shape index (κ1) is 21.6. The van der Waals surface area contributed by atoms with E-state index in [0.29, 0.717) is 0 Å². The van der Waals surface area contributed by atoms with Crippen molar-refractivity contribution < 1.29 is 19.4 Å². The largest absolute Gasteiger partial charge is 0.497 e. The Labute approximate surface area is 177 Å². The second-order valence-electron chi connectivity index (χ2n) is 6.95. The number of nitrogens with zero attached hydrogens (tertiary/aromatic N) is 2.